The molecule has 2 rings (SSSR count). The maximum absolute atomic E-state index is 10.4. The smallest absolute Gasteiger partial charge is 0.185 e. The van der Waals surface area contributed by atoms with E-state index in [1.807, 2.05) is 0 Å². The normalized spacial score (nSPS) is 10.1. The highest BCUT2D eigenvalue weighted by molar-refractivity contribution is 6.31. The first kappa shape index (κ1) is 8.97. The lowest BCUT2D eigenvalue weighted by Gasteiger charge is -1.97. The molecule has 0 bridgehead atoms. The number of halogens is 1. The molecule has 0 saturated heterocycles. The molecule has 2 aromatic rings. The van der Waals surface area contributed by atoms with Crippen molar-refractivity contribution in [1.82, 2.24) is 4.98 Å². The molecule has 0 aliphatic carbocycles. The molecule has 0 aromatic carbocycles. The molecule has 2 aromatic heterocycles. The third kappa shape index (κ3) is 1.54. The maximum Gasteiger partial charge on any atom is 0.185 e. The van der Waals surface area contributed by atoms with Crippen LogP contribution in [0.4, 0.5) is 0 Å². The molecule has 0 saturated carbocycles. The molecule has 0 aliphatic rings. The molecule has 3 nitrogen and oxygen atoms in total. The van der Waals surface area contributed by atoms with Crippen molar-refractivity contribution in [3.63, 3.8) is 0 Å². The minimum atomic E-state index is 0.278. The Morgan fingerprint density at radius 2 is 2.21 bits per heavy atom. The van der Waals surface area contributed by atoms with Crippen LogP contribution in [0.15, 0.2) is 34.9 Å². The zero-order chi connectivity index (χ0) is 9.97. The van der Waals surface area contributed by atoms with E-state index in [0.29, 0.717) is 22.8 Å². The summed E-state index contributed by atoms with van der Waals surface area (Å²) < 4.78 is 5.21. The third-order valence-corrected chi connectivity index (χ3v) is 2.07. The van der Waals surface area contributed by atoms with E-state index in [1.54, 1.807) is 30.5 Å². The average molecular weight is 208 g/mol. The van der Waals surface area contributed by atoms with Gasteiger partial charge in [-0.2, -0.15) is 0 Å². The highest BCUT2D eigenvalue weighted by Crippen LogP contribution is 2.26. The van der Waals surface area contributed by atoms with Crippen molar-refractivity contribution in [1.29, 1.82) is 0 Å². The Balaban J connectivity index is 2.49. The van der Waals surface area contributed by atoms with E-state index < -0.39 is 0 Å². The first-order chi connectivity index (χ1) is 6.81. The highest BCUT2D eigenvalue weighted by Gasteiger charge is 2.07. The standard InChI is InChI=1S/C10H6ClNO2/c11-10-8(2-1-5-12-10)9-4-3-7(6-13)14-9/h1-6H. The second-order valence-electron chi connectivity index (χ2n) is 2.66. The van der Waals surface area contributed by atoms with Crippen molar-refractivity contribution < 1.29 is 9.21 Å². The first-order valence-corrected chi connectivity index (χ1v) is 4.35. The van der Waals surface area contributed by atoms with Gasteiger partial charge in [0.15, 0.2) is 12.0 Å². The minimum absolute atomic E-state index is 0.278. The van der Waals surface area contributed by atoms with Gasteiger partial charge in [0.25, 0.3) is 0 Å². The van der Waals surface area contributed by atoms with Crippen molar-refractivity contribution in [3.05, 3.63) is 41.4 Å². The Hall–Kier alpha value is -1.61. The van der Waals surface area contributed by atoms with Crippen LogP contribution in [-0.2, 0) is 0 Å². The predicted molar refractivity (Wildman–Crippen MR) is 52.3 cm³/mol. The third-order valence-electron chi connectivity index (χ3n) is 1.77. The Morgan fingerprint density at radius 3 is 2.86 bits per heavy atom. The van der Waals surface area contributed by atoms with E-state index >= 15 is 0 Å². The van der Waals surface area contributed by atoms with Crippen LogP contribution < -0.4 is 0 Å². The van der Waals surface area contributed by atoms with Crippen molar-refractivity contribution in [2.45, 2.75) is 0 Å². The maximum atomic E-state index is 10.4. The SMILES string of the molecule is O=Cc1ccc(-c2cccnc2Cl)o1. The molecule has 0 fully saturated rings. The molecule has 70 valence electrons. The lowest BCUT2D eigenvalue weighted by Crippen LogP contribution is -1.79. The summed E-state index contributed by atoms with van der Waals surface area (Å²) in [5.41, 5.74) is 0.683. The molecule has 0 radical (unpaired) electrons. The fourth-order valence-electron chi connectivity index (χ4n) is 1.13. The summed E-state index contributed by atoms with van der Waals surface area (Å²) >= 11 is 5.85. The molecule has 2 heterocycles. The number of furan rings is 1. The molecule has 0 unspecified atom stereocenters. The molecular weight excluding hydrogens is 202 g/mol. The lowest BCUT2D eigenvalue weighted by molar-refractivity contribution is 0.110. The van der Waals surface area contributed by atoms with Gasteiger partial charge in [-0.25, -0.2) is 4.98 Å². The Kier molecular flexibility index (Phi) is 2.33. The van der Waals surface area contributed by atoms with Crippen LogP contribution in [0.3, 0.4) is 0 Å². The predicted octanol–water partition coefficient (Wildman–Crippen LogP) is 2.81. The van der Waals surface area contributed by atoms with Gasteiger partial charge in [0.2, 0.25) is 0 Å². The van der Waals surface area contributed by atoms with E-state index in [-0.39, 0.29) is 5.76 Å². The van der Waals surface area contributed by atoms with E-state index in [0.717, 1.165) is 0 Å². The summed E-state index contributed by atoms with van der Waals surface area (Å²) in [6.45, 7) is 0. The number of pyridine rings is 1. The Bertz CT molecular complexity index is 465. The second kappa shape index (κ2) is 3.64. The summed E-state index contributed by atoms with van der Waals surface area (Å²) in [6, 6.07) is 6.81. The van der Waals surface area contributed by atoms with E-state index in [4.69, 9.17) is 16.0 Å². The van der Waals surface area contributed by atoms with Crippen molar-refractivity contribution in [3.8, 4) is 11.3 Å². The minimum Gasteiger partial charge on any atom is -0.453 e. The van der Waals surface area contributed by atoms with Gasteiger partial charge in [-0.15, -0.1) is 0 Å². The second-order valence-corrected chi connectivity index (χ2v) is 3.02. The fourth-order valence-corrected chi connectivity index (χ4v) is 1.34. The summed E-state index contributed by atoms with van der Waals surface area (Å²) in [7, 11) is 0. The summed E-state index contributed by atoms with van der Waals surface area (Å²) in [5.74, 6) is 0.824. The van der Waals surface area contributed by atoms with E-state index in [2.05, 4.69) is 4.98 Å². The Morgan fingerprint density at radius 1 is 1.36 bits per heavy atom. The highest BCUT2D eigenvalue weighted by atomic mass is 35.5. The van der Waals surface area contributed by atoms with Crippen LogP contribution in [0.5, 0.6) is 0 Å². The number of aldehydes is 1. The average Bonchev–Trinajstić information content (AvgIpc) is 2.67. The lowest BCUT2D eigenvalue weighted by atomic mass is 10.2. The number of nitrogens with zero attached hydrogens (tertiary/aromatic N) is 1. The first-order valence-electron chi connectivity index (χ1n) is 3.97. The van der Waals surface area contributed by atoms with Crippen molar-refractivity contribution >= 4 is 17.9 Å². The zero-order valence-corrected chi connectivity index (χ0v) is 7.86. The quantitative estimate of drug-likeness (QED) is 0.562. The van der Waals surface area contributed by atoms with Gasteiger partial charge in [0.05, 0.1) is 5.56 Å². The number of hydrogen-bond donors (Lipinski definition) is 0. The van der Waals surface area contributed by atoms with Gasteiger partial charge in [0, 0.05) is 6.20 Å². The van der Waals surface area contributed by atoms with Crippen molar-refractivity contribution in [2.24, 2.45) is 0 Å². The van der Waals surface area contributed by atoms with E-state index in [9.17, 15) is 4.79 Å². The molecular formula is C10H6ClNO2. The molecule has 0 amide bonds. The van der Waals surface area contributed by atoms with Gasteiger partial charge in [-0.05, 0) is 24.3 Å². The number of rotatable bonds is 2. The fraction of sp³-hybridized carbons (Fsp3) is 0. The number of hydrogen-bond acceptors (Lipinski definition) is 3. The summed E-state index contributed by atoms with van der Waals surface area (Å²) in [6.07, 6.45) is 2.24. The van der Waals surface area contributed by atoms with Gasteiger partial charge >= 0.3 is 0 Å². The summed E-state index contributed by atoms with van der Waals surface area (Å²) in [5, 5.41) is 0.360. The van der Waals surface area contributed by atoms with Crippen molar-refractivity contribution in [2.75, 3.05) is 0 Å². The van der Waals surface area contributed by atoms with E-state index in [1.165, 1.54) is 0 Å². The topological polar surface area (TPSA) is 43.1 Å². The molecule has 14 heavy (non-hydrogen) atoms. The number of aromatic nitrogens is 1. The van der Waals surface area contributed by atoms with Gasteiger partial charge < -0.3 is 4.42 Å². The van der Waals surface area contributed by atoms with Crippen LogP contribution >= 0.6 is 11.6 Å². The molecule has 0 N–H and O–H groups in total. The zero-order valence-electron chi connectivity index (χ0n) is 7.11. The van der Waals surface area contributed by atoms with Crippen LogP contribution in [0, 0.1) is 0 Å². The molecule has 0 spiro atoms. The number of carbonyl (C=O) groups excluding carboxylic acids is 1. The van der Waals surface area contributed by atoms with Crippen LogP contribution in [0.2, 0.25) is 5.15 Å². The molecule has 0 atom stereocenters. The van der Waals surface area contributed by atoms with Crippen LogP contribution in [-0.4, -0.2) is 11.3 Å². The van der Waals surface area contributed by atoms with Crippen LogP contribution in [0.25, 0.3) is 11.3 Å². The van der Waals surface area contributed by atoms with Crippen LogP contribution in [0.1, 0.15) is 10.6 Å². The van der Waals surface area contributed by atoms with Gasteiger partial charge in [-0.1, -0.05) is 11.6 Å². The van der Waals surface area contributed by atoms with Gasteiger partial charge in [0.1, 0.15) is 10.9 Å². The Labute approximate surface area is 85.3 Å². The monoisotopic (exact) mass is 207 g/mol. The largest absolute Gasteiger partial charge is 0.453 e. The summed E-state index contributed by atoms with van der Waals surface area (Å²) in [4.78, 5) is 14.3. The van der Waals surface area contributed by atoms with Gasteiger partial charge in [-0.3, -0.25) is 4.79 Å². The number of carbonyl (C=O) groups is 1. The molecule has 4 heteroatoms. The molecule has 0 aliphatic heterocycles.